The summed E-state index contributed by atoms with van der Waals surface area (Å²) in [5.74, 6) is -0.141. The summed E-state index contributed by atoms with van der Waals surface area (Å²) in [6, 6.07) is -0.0117. The van der Waals surface area contributed by atoms with Crippen molar-refractivity contribution >= 4 is 5.91 Å². The fourth-order valence-corrected chi connectivity index (χ4v) is 0.933. The summed E-state index contributed by atoms with van der Waals surface area (Å²) in [6.45, 7) is 2.29. The Balaban J connectivity index is 2.64. The lowest BCUT2D eigenvalue weighted by Gasteiger charge is -2.10. The lowest BCUT2D eigenvalue weighted by atomic mass is 10.3. The summed E-state index contributed by atoms with van der Waals surface area (Å²) in [6.07, 6.45) is 3.11. The van der Waals surface area contributed by atoms with E-state index in [-0.39, 0.29) is 11.9 Å². The van der Waals surface area contributed by atoms with Gasteiger partial charge in [-0.15, -0.1) is 0 Å². The Hall–Kier alpha value is -1.36. The highest BCUT2D eigenvalue weighted by Crippen LogP contribution is 1.96. The molecule has 3 N–H and O–H groups in total. The summed E-state index contributed by atoms with van der Waals surface area (Å²) in [7, 11) is 1.77. The molecule has 0 aliphatic heterocycles. The maximum Gasteiger partial charge on any atom is 0.269 e. The van der Waals surface area contributed by atoms with E-state index in [4.69, 9.17) is 5.73 Å². The number of nitrogens with two attached hydrogens (primary N) is 1. The molecule has 0 aromatic carbocycles. The van der Waals surface area contributed by atoms with Gasteiger partial charge >= 0.3 is 0 Å². The average Bonchev–Trinajstić information content (AvgIpc) is 2.51. The van der Waals surface area contributed by atoms with Crippen molar-refractivity contribution in [1.29, 1.82) is 0 Å². The van der Waals surface area contributed by atoms with Crippen LogP contribution >= 0.6 is 0 Å². The van der Waals surface area contributed by atoms with E-state index in [1.165, 1.54) is 6.20 Å². The first-order valence-electron chi connectivity index (χ1n) is 4.12. The molecule has 1 unspecified atom stereocenters. The monoisotopic (exact) mass is 182 g/mol. The maximum atomic E-state index is 11.5. The molecule has 0 aliphatic carbocycles. The van der Waals surface area contributed by atoms with Crippen LogP contribution in [0.2, 0.25) is 0 Å². The zero-order chi connectivity index (χ0) is 9.84. The van der Waals surface area contributed by atoms with E-state index in [2.05, 4.69) is 10.3 Å². The second-order valence-corrected chi connectivity index (χ2v) is 3.00. The summed E-state index contributed by atoms with van der Waals surface area (Å²) in [4.78, 5) is 15.3. The smallest absolute Gasteiger partial charge is 0.269 e. The summed E-state index contributed by atoms with van der Waals surface area (Å²) in [5.41, 5.74) is 5.92. The van der Waals surface area contributed by atoms with Gasteiger partial charge in [-0.25, -0.2) is 4.98 Å². The van der Waals surface area contributed by atoms with Gasteiger partial charge in [0.1, 0.15) is 5.69 Å². The van der Waals surface area contributed by atoms with E-state index in [0.29, 0.717) is 12.2 Å². The molecule has 1 amide bonds. The molecule has 1 aromatic heterocycles. The van der Waals surface area contributed by atoms with E-state index >= 15 is 0 Å². The molecule has 0 bridgehead atoms. The molecular weight excluding hydrogens is 168 g/mol. The van der Waals surface area contributed by atoms with Crippen LogP contribution in [0.3, 0.4) is 0 Å². The highest BCUT2D eigenvalue weighted by Gasteiger charge is 2.11. The normalized spacial score (nSPS) is 12.5. The largest absolute Gasteiger partial charge is 0.347 e. The summed E-state index contributed by atoms with van der Waals surface area (Å²) in [5, 5.41) is 2.75. The van der Waals surface area contributed by atoms with Crippen molar-refractivity contribution in [3.05, 3.63) is 18.2 Å². The third kappa shape index (κ3) is 2.29. The molecule has 0 radical (unpaired) electrons. The van der Waals surface area contributed by atoms with Crippen LogP contribution in [-0.2, 0) is 7.05 Å². The van der Waals surface area contributed by atoms with E-state index < -0.39 is 0 Å². The Labute approximate surface area is 76.9 Å². The van der Waals surface area contributed by atoms with Crippen LogP contribution in [0.4, 0.5) is 0 Å². The van der Waals surface area contributed by atoms with E-state index in [1.807, 2.05) is 6.92 Å². The Kier molecular flexibility index (Phi) is 3.02. The molecule has 0 aliphatic rings. The number of carbonyl (C=O) groups excluding carboxylic acids is 1. The number of imidazole rings is 1. The van der Waals surface area contributed by atoms with Crippen LogP contribution in [-0.4, -0.2) is 28.0 Å². The molecule has 72 valence electrons. The van der Waals surface area contributed by atoms with Gasteiger partial charge in [0.25, 0.3) is 5.91 Å². The van der Waals surface area contributed by atoms with Crippen LogP contribution in [0.15, 0.2) is 12.5 Å². The molecule has 0 spiro atoms. The molecule has 0 saturated heterocycles. The molecular formula is C8H14N4O. The fraction of sp³-hybridized carbons (Fsp3) is 0.500. The van der Waals surface area contributed by atoms with Crippen LogP contribution in [0.1, 0.15) is 17.4 Å². The van der Waals surface area contributed by atoms with E-state index in [1.54, 1.807) is 17.9 Å². The molecule has 1 aromatic rings. The number of carbonyl (C=O) groups is 1. The maximum absolute atomic E-state index is 11.5. The minimum atomic E-state index is -0.141. The zero-order valence-electron chi connectivity index (χ0n) is 7.82. The third-order valence-corrected chi connectivity index (χ3v) is 1.78. The summed E-state index contributed by atoms with van der Waals surface area (Å²) >= 11 is 0. The number of nitrogens with one attached hydrogen (secondary N) is 1. The average molecular weight is 182 g/mol. The van der Waals surface area contributed by atoms with Crippen LogP contribution in [0.5, 0.6) is 0 Å². The second kappa shape index (κ2) is 4.04. The Morgan fingerprint density at radius 1 is 1.85 bits per heavy atom. The minimum Gasteiger partial charge on any atom is -0.347 e. The van der Waals surface area contributed by atoms with Gasteiger partial charge in [-0.3, -0.25) is 4.79 Å². The van der Waals surface area contributed by atoms with Crippen LogP contribution in [0, 0.1) is 0 Å². The van der Waals surface area contributed by atoms with E-state index in [9.17, 15) is 4.79 Å². The predicted octanol–water partition coefficient (Wildman–Crippen LogP) is -0.503. The van der Waals surface area contributed by atoms with Crippen LogP contribution in [0.25, 0.3) is 0 Å². The lowest BCUT2D eigenvalue weighted by molar-refractivity contribution is 0.0933. The topological polar surface area (TPSA) is 72.9 Å². The summed E-state index contributed by atoms with van der Waals surface area (Å²) < 4.78 is 1.67. The number of aromatic nitrogens is 2. The van der Waals surface area contributed by atoms with E-state index in [0.717, 1.165) is 0 Å². The van der Waals surface area contributed by atoms with Gasteiger partial charge < -0.3 is 15.6 Å². The number of rotatable bonds is 3. The third-order valence-electron chi connectivity index (χ3n) is 1.78. The highest BCUT2D eigenvalue weighted by molar-refractivity contribution is 5.92. The molecule has 1 atom stereocenters. The van der Waals surface area contributed by atoms with Gasteiger partial charge in [0, 0.05) is 19.6 Å². The van der Waals surface area contributed by atoms with Crippen molar-refractivity contribution in [2.75, 3.05) is 6.54 Å². The molecule has 0 saturated carbocycles. The standard InChI is InChI=1S/C8H14N4O/c1-6(3-9)11-8(13)7-4-10-5-12(7)2/h4-6H,3,9H2,1-2H3,(H,11,13). The van der Waals surface area contributed by atoms with Crippen molar-refractivity contribution in [3.8, 4) is 0 Å². The first kappa shape index (κ1) is 9.73. The second-order valence-electron chi connectivity index (χ2n) is 3.00. The molecule has 1 heterocycles. The number of aryl methyl sites for hydroxylation is 1. The van der Waals surface area contributed by atoms with Gasteiger partial charge in [0.15, 0.2) is 0 Å². The van der Waals surface area contributed by atoms with Gasteiger partial charge in [-0.2, -0.15) is 0 Å². The highest BCUT2D eigenvalue weighted by atomic mass is 16.2. The van der Waals surface area contributed by atoms with Crippen molar-refractivity contribution < 1.29 is 4.79 Å². The van der Waals surface area contributed by atoms with Crippen LogP contribution < -0.4 is 11.1 Å². The molecule has 5 nitrogen and oxygen atoms in total. The number of amides is 1. The number of hydrogen-bond donors (Lipinski definition) is 2. The van der Waals surface area contributed by atoms with Gasteiger partial charge in [0.05, 0.1) is 12.5 Å². The number of hydrogen-bond acceptors (Lipinski definition) is 3. The van der Waals surface area contributed by atoms with Crippen molar-refractivity contribution in [3.63, 3.8) is 0 Å². The van der Waals surface area contributed by atoms with Gasteiger partial charge in [0.2, 0.25) is 0 Å². The minimum absolute atomic E-state index is 0.0117. The SMILES string of the molecule is CC(CN)NC(=O)c1cncn1C. The van der Waals surface area contributed by atoms with Gasteiger partial charge in [-0.1, -0.05) is 0 Å². The van der Waals surface area contributed by atoms with Crippen molar-refractivity contribution in [2.45, 2.75) is 13.0 Å². The zero-order valence-corrected chi connectivity index (χ0v) is 7.82. The molecule has 1 rings (SSSR count). The van der Waals surface area contributed by atoms with Crippen molar-refractivity contribution in [1.82, 2.24) is 14.9 Å². The molecule has 13 heavy (non-hydrogen) atoms. The molecule has 0 fully saturated rings. The first-order chi connectivity index (χ1) is 6.15. The Morgan fingerprint density at radius 3 is 3.00 bits per heavy atom. The lowest BCUT2D eigenvalue weighted by Crippen LogP contribution is -2.38. The predicted molar refractivity (Wildman–Crippen MR) is 49.2 cm³/mol. The number of nitrogens with zero attached hydrogens (tertiary/aromatic N) is 2. The fourth-order valence-electron chi connectivity index (χ4n) is 0.933. The quantitative estimate of drug-likeness (QED) is 0.661. The van der Waals surface area contributed by atoms with Crippen molar-refractivity contribution in [2.24, 2.45) is 12.8 Å². The van der Waals surface area contributed by atoms with Gasteiger partial charge in [-0.05, 0) is 6.92 Å². The Morgan fingerprint density at radius 2 is 2.54 bits per heavy atom. The molecule has 5 heteroatoms. The Bertz CT molecular complexity index is 294. The first-order valence-corrected chi connectivity index (χ1v) is 4.12.